The van der Waals surface area contributed by atoms with E-state index in [1.807, 2.05) is 30.3 Å². The zero-order valence-corrected chi connectivity index (χ0v) is 13.6. The van der Waals surface area contributed by atoms with E-state index in [1.54, 1.807) is 0 Å². The Morgan fingerprint density at radius 2 is 1.90 bits per heavy atom. The van der Waals surface area contributed by atoms with Crippen LogP contribution in [0.3, 0.4) is 0 Å². The Morgan fingerprint density at radius 3 is 2.62 bits per heavy atom. The lowest BCUT2D eigenvalue weighted by Gasteiger charge is -2.11. The van der Waals surface area contributed by atoms with Gasteiger partial charge in [0.15, 0.2) is 0 Å². The molecule has 0 fully saturated rings. The molecule has 1 aromatic carbocycles. The van der Waals surface area contributed by atoms with Crippen molar-refractivity contribution in [1.29, 1.82) is 0 Å². The Bertz CT molecular complexity index is 447. The Balaban J connectivity index is 2.35. The number of rotatable bonds is 9. The van der Waals surface area contributed by atoms with Gasteiger partial charge in [-0.3, -0.25) is 4.79 Å². The average molecular weight is 288 g/mol. The van der Waals surface area contributed by atoms with Gasteiger partial charge >= 0.3 is 5.97 Å². The molecule has 2 nitrogen and oxygen atoms in total. The minimum Gasteiger partial charge on any atom is -0.426 e. The first-order valence-electron chi connectivity index (χ1n) is 8.09. The molecule has 0 saturated carbocycles. The summed E-state index contributed by atoms with van der Waals surface area (Å²) in [6.07, 6.45) is 10.4. The first kappa shape index (κ1) is 17.5. The quantitative estimate of drug-likeness (QED) is 0.255. The number of esters is 1. The number of carbonyl (C=O) groups is 1. The maximum atomic E-state index is 11.8. The molecule has 1 aromatic rings. The first-order valence-corrected chi connectivity index (χ1v) is 8.09. The van der Waals surface area contributed by atoms with Crippen molar-refractivity contribution in [1.82, 2.24) is 0 Å². The molecule has 0 aliphatic heterocycles. The smallest absolute Gasteiger partial charge is 0.315 e. The number of allylic oxidation sites excluding steroid dienone is 1. The first-order chi connectivity index (χ1) is 10.1. The molecule has 116 valence electrons. The topological polar surface area (TPSA) is 26.3 Å². The molecule has 0 aromatic heterocycles. The predicted octanol–water partition coefficient (Wildman–Crippen LogP) is 5.63. The third-order valence-electron chi connectivity index (χ3n) is 3.44. The highest BCUT2D eigenvalue weighted by Gasteiger charge is 2.10. The molecule has 2 heteroatoms. The molecule has 0 aliphatic rings. The summed E-state index contributed by atoms with van der Waals surface area (Å²) in [5, 5.41) is 0. The molecule has 0 spiro atoms. The maximum absolute atomic E-state index is 11.8. The zero-order chi connectivity index (χ0) is 15.5. The van der Waals surface area contributed by atoms with Crippen molar-refractivity contribution in [2.75, 3.05) is 0 Å². The predicted molar refractivity (Wildman–Crippen MR) is 88.7 cm³/mol. The van der Waals surface area contributed by atoms with Crippen molar-refractivity contribution in [3.05, 3.63) is 42.0 Å². The van der Waals surface area contributed by atoms with Crippen LogP contribution >= 0.6 is 0 Å². The number of ether oxygens (including phenoxy) is 1. The van der Waals surface area contributed by atoms with E-state index in [1.165, 1.54) is 25.7 Å². The van der Waals surface area contributed by atoms with Crippen LogP contribution < -0.4 is 4.74 Å². The standard InChI is InChI=1S/C19H28O2/c1-4-5-6-7-8-9-10-15-19(20)21-18-14-12-11-13-17(18)16(2)3/h9-14,16H,4-8,15H2,1-3H3/b10-9+. The van der Waals surface area contributed by atoms with Gasteiger partial charge in [0, 0.05) is 0 Å². The highest BCUT2D eigenvalue weighted by atomic mass is 16.5. The summed E-state index contributed by atoms with van der Waals surface area (Å²) in [6.45, 7) is 6.41. The van der Waals surface area contributed by atoms with Crippen molar-refractivity contribution < 1.29 is 9.53 Å². The molecule has 0 heterocycles. The lowest BCUT2D eigenvalue weighted by molar-refractivity contribution is -0.133. The van der Waals surface area contributed by atoms with Gasteiger partial charge in [-0.05, 0) is 30.4 Å². The minimum absolute atomic E-state index is 0.187. The Kier molecular flexibility index (Phi) is 8.49. The van der Waals surface area contributed by atoms with E-state index in [-0.39, 0.29) is 5.97 Å². The van der Waals surface area contributed by atoms with Crippen LogP contribution in [0.15, 0.2) is 36.4 Å². The molecule has 0 amide bonds. The van der Waals surface area contributed by atoms with Crippen molar-refractivity contribution >= 4 is 5.97 Å². The summed E-state index contributed by atoms with van der Waals surface area (Å²) in [4.78, 5) is 11.8. The van der Waals surface area contributed by atoms with Crippen molar-refractivity contribution in [2.45, 2.75) is 65.2 Å². The fourth-order valence-electron chi connectivity index (χ4n) is 2.20. The summed E-state index contributed by atoms with van der Waals surface area (Å²) in [6, 6.07) is 7.75. The van der Waals surface area contributed by atoms with Crippen molar-refractivity contribution in [3.8, 4) is 5.75 Å². The van der Waals surface area contributed by atoms with Crippen LogP contribution in [0.1, 0.15) is 70.8 Å². The largest absolute Gasteiger partial charge is 0.426 e. The molecule has 0 aliphatic carbocycles. The van der Waals surface area contributed by atoms with Gasteiger partial charge in [0.1, 0.15) is 5.75 Å². The molecule has 0 unspecified atom stereocenters. The number of para-hydroxylation sites is 1. The lowest BCUT2D eigenvalue weighted by atomic mass is 10.0. The van der Waals surface area contributed by atoms with Gasteiger partial charge in [0.2, 0.25) is 0 Å². The second-order valence-corrected chi connectivity index (χ2v) is 5.69. The summed E-state index contributed by atoms with van der Waals surface area (Å²) in [7, 11) is 0. The number of unbranched alkanes of at least 4 members (excludes halogenated alkanes) is 4. The number of hydrogen-bond acceptors (Lipinski definition) is 2. The summed E-state index contributed by atoms with van der Waals surface area (Å²) in [5.41, 5.74) is 1.08. The molecule has 1 rings (SSSR count). The summed E-state index contributed by atoms with van der Waals surface area (Å²) < 4.78 is 5.46. The van der Waals surface area contributed by atoms with E-state index >= 15 is 0 Å². The fraction of sp³-hybridized carbons (Fsp3) is 0.526. The van der Waals surface area contributed by atoms with Crippen LogP contribution in [-0.2, 0) is 4.79 Å². The van der Waals surface area contributed by atoms with Crippen LogP contribution in [0.4, 0.5) is 0 Å². The summed E-state index contributed by atoms with van der Waals surface area (Å²) in [5.74, 6) is 0.852. The van der Waals surface area contributed by atoms with Gasteiger partial charge in [-0.25, -0.2) is 0 Å². The van der Waals surface area contributed by atoms with Crippen LogP contribution in [-0.4, -0.2) is 5.97 Å². The second-order valence-electron chi connectivity index (χ2n) is 5.69. The molecular weight excluding hydrogens is 260 g/mol. The van der Waals surface area contributed by atoms with E-state index < -0.39 is 0 Å². The van der Waals surface area contributed by atoms with Gasteiger partial charge in [-0.2, -0.15) is 0 Å². The van der Waals surface area contributed by atoms with Crippen LogP contribution in [0.2, 0.25) is 0 Å². The van der Waals surface area contributed by atoms with Crippen LogP contribution in [0, 0.1) is 0 Å². The Morgan fingerprint density at radius 1 is 1.14 bits per heavy atom. The SMILES string of the molecule is CCCCCC/C=C/CC(=O)Oc1ccccc1C(C)C. The van der Waals surface area contributed by atoms with E-state index in [0.717, 1.165) is 12.0 Å². The molecule has 21 heavy (non-hydrogen) atoms. The van der Waals surface area contributed by atoms with Gasteiger partial charge in [-0.1, -0.05) is 70.4 Å². The molecule has 0 atom stereocenters. The molecular formula is C19H28O2. The number of benzene rings is 1. The molecule has 0 saturated heterocycles. The van der Waals surface area contributed by atoms with Crippen molar-refractivity contribution in [3.63, 3.8) is 0 Å². The van der Waals surface area contributed by atoms with E-state index in [2.05, 4.69) is 26.8 Å². The normalized spacial score (nSPS) is 11.2. The third-order valence-corrected chi connectivity index (χ3v) is 3.44. The average Bonchev–Trinajstić information content (AvgIpc) is 2.46. The Hall–Kier alpha value is -1.57. The Labute approximate surface area is 129 Å². The van der Waals surface area contributed by atoms with Gasteiger partial charge in [0.05, 0.1) is 6.42 Å². The van der Waals surface area contributed by atoms with Gasteiger partial charge in [0.25, 0.3) is 0 Å². The third kappa shape index (κ3) is 7.12. The highest BCUT2D eigenvalue weighted by Crippen LogP contribution is 2.26. The zero-order valence-electron chi connectivity index (χ0n) is 13.6. The maximum Gasteiger partial charge on any atom is 0.315 e. The molecule has 0 N–H and O–H groups in total. The van der Waals surface area contributed by atoms with E-state index in [9.17, 15) is 4.79 Å². The molecule has 0 bridgehead atoms. The monoisotopic (exact) mass is 288 g/mol. The van der Waals surface area contributed by atoms with Gasteiger partial charge < -0.3 is 4.74 Å². The van der Waals surface area contributed by atoms with E-state index in [4.69, 9.17) is 4.74 Å². The number of hydrogen-bond donors (Lipinski definition) is 0. The van der Waals surface area contributed by atoms with E-state index in [0.29, 0.717) is 18.1 Å². The number of carbonyl (C=O) groups excluding carboxylic acids is 1. The second kappa shape index (κ2) is 10.2. The van der Waals surface area contributed by atoms with Crippen LogP contribution in [0.25, 0.3) is 0 Å². The minimum atomic E-state index is -0.187. The van der Waals surface area contributed by atoms with Crippen LogP contribution in [0.5, 0.6) is 5.75 Å². The van der Waals surface area contributed by atoms with Crippen molar-refractivity contribution in [2.24, 2.45) is 0 Å². The lowest BCUT2D eigenvalue weighted by Crippen LogP contribution is -2.08. The highest BCUT2D eigenvalue weighted by molar-refractivity contribution is 5.74. The van der Waals surface area contributed by atoms with Gasteiger partial charge in [-0.15, -0.1) is 0 Å². The fourth-order valence-corrected chi connectivity index (χ4v) is 2.20. The summed E-state index contributed by atoms with van der Waals surface area (Å²) >= 11 is 0. The molecule has 0 radical (unpaired) electrons.